The number of piperidine rings is 1. The van der Waals surface area contributed by atoms with E-state index >= 15 is 0 Å². The molecule has 0 saturated carbocycles. The molecular weight excluding hydrogens is 249 g/mol. The van der Waals surface area contributed by atoms with Gasteiger partial charge in [-0.15, -0.1) is 13.2 Å². The number of ether oxygens (including phenoxy) is 1. The normalized spacial score (nSPS) is 21.6. The summed E-state index contributed by atoms with van der Waals surface area (Å²) < 4.78 is 43.6. The first kappa shape index (κ1) is 15.1. The number of hydrogen-bond acceptors (Lipinski definition) is 3. The monoisotopic (exact) mass is 268 g/mol. The molecule has 0 aromatic heterocycles. The number of carbonyl (C=O) groups excluding carboxylic acids is 1. The molecule has 1 heterocycles. The quantitative estimate of drug-likeness (QED) is 0.743. The fourth-order valence-electron chi connectivity index (χ4n) is 1.82. The van der Waals surface area contributed by atoms with Crippen molar-refractivity contribution in [2.75, 3.05) is 13.1 Å². The molecule has 106 valence electrons. The second-order valence-corrected chi connectivity index (χ2v) is 5.32. The molecule has 18 heavy (non-hydrogen) atoms. The third-order valence-corrected chi connectivity index (χ3v) is 2.50. The van der Waals surface area contributed by atoms with Gasteiger partial charge in [-0.25, -0.2) is 9.69 Å². The number of rotatable bonds is 1. The fraction of sp³-hybridized carbons (Fsp3) is 0.909. The van der Waals surface area contributed by atoms with Crippen LogP contribution in [0.15, 0.2) is 0 Å². The van der Waals surface area contributed by atoms with Gasteiger partial charge in [-0.3, -0.25) is 0 Å². The van der Waals surface area contributed by atoms with Gasteiger partial charge >= 0.3 is 12.4 Å². The van der Waals surface area contributed by atoms with Gasteiger partial charge in [0, 0.05) is 6.54 Å². The Labute approximate surface area is 104 Å². The van der Waals surface area contributed by atoms with Crippen LogP contribution in [0.2, 0.25) is 0 Å². The number of halogens is 3. The Morgan fingerprint density at radius 2 is 1.94 bits per heavy atom. The van der Waals surface area contributed by atoms with Crippen molar-refractivity contribution in [3.8, 4) is 0 Å². The Bertz CT molecular complexity index is 294. The van der Waals surface area contributed by atoms with Crippen molar-refractivity contribution in [2.45, 2.75) is 51.6 Å². The van der Waals surface area contributed by atoms with Crippen LogP contribution in [-0.4, -0.2) is 42.0 Å². The zero-order chi connectivity index (χ0) is 14.0. The molecule has 1 atom stereocenters. The second kappa shape index (κ2) is 5.34. The summed E-state index contributed by atoms with van der Waals surface area (Å²) in [5.41, 5.74) is -0.942. The van der Waals surface area contributed by atoms with Crippen molar-refractivity contribution in [3.05, 3.63) is 0 Å². The van der Waals surface area contributed by atoms with Crippen molar-refractivity contribution >= 4 is 6.09 Å². The van der Waals surface area contributed by atoms with Gasteiger partial charge in [-0.2, -0.15) is 0 Å². The Morgan fingerprint density at radius 1 is 1.33 bits per heavy atom. The molecule has 1 aliphatic rings. The van der Waals surface area contributed by atoms with E-state index in [0.717, 1.165) is 0 Å². The highest BCUT2D eigenvalue weighted by Crippen LogP contribution is 2.28. The number of nitrogens with one attached hydrogen (secondary N) is 1. The molecule has 7 heteroatoms. The predicted molar refractivity (Wildman–Crippen MR) is 60.0 cm³/mol. The third kappa shape index (κ3) is 4.36. The van der Waals surface area contributed by atoms with Crippen LogP contribution in [0.1, 0.15) is 33.6 Å². The van der Waals surface area contributed by atoms with Crippen molar-refractivity contribution in [1.29, 1.82) is 0 Å². The summed E-state index contributed by atoms with van der Waals surface area (Å²) in [4.78, 5) is 11.6. The van der Waals surface area contributed by atoms with Crippen molar-refractivity contribution in [3.63, 3.8) is 0 Å². The molecule has 1 aliphatic heterocycles. The van der Waals surface area contributed by atoms with Crippen LogP contribution < -0.4 is 5.32 Å². The molecule has 0 aromatic carbocycles. The average molecular weight is 268 g/mol. The van der Waals surface area contributed by atoms with E-state index in [1.54, 1.807) is 20.8 Å². The van der Waals surface area contributed by atoms with Crippen molar-refractivity contribution in [2.24, 2.45) is 0 Å². The number of amides is 1. The van der Waals surface area contributed by atoms with Gasteiger partial charge in [0.05, 0.1) is 6.04 Å². The molecule has 0 bridgehead atoms. The molecule has 1 rings (SSSR count). The Hall–Kier alpha value is -0.980. The van der Waals surface area contributed by atoms with Crippen LogP contribution in [0.25, 0.3) is 0 Å². The molecule has 1 N–H and O–H groups in total. The third-order valence-electron chi connectivity index (χ3n) is 2.50. The number of hydrogen-bond donors (Lipinski definition) is 1. The van der Waals surface area contributed by atoms with Gasteiger partial charge in [0.25, 0.3) is 0 Å². The van der Waals surface area contributed by atoms with E-state index in [-0.39, 0.29) is 11.4 Å². The van der Waals surface area contributed by atoms with Crippen LogP contribution in [0, 0.1) is 0 Å². The minimum atomic E-state index is -4.72. The van der Waals surface area contributed by atoms with Crippen LogP contribution in [-0.2, 0) is 4.74 Å². The summed E-state index contributed by atoms with van der Waals surface area (Å²) in [5.74, 6) is 0. The number of nitrogens with zero attached hydrogens (tertiary/aromatic N) is 1. The smallest absolute Gasteiger partial charge is 0.444 e. The summed E-state index contributed by atoms with van der Waals surface area (Å²) in [6, 6.07) is -0.895. The van der Waals surface area contributed by atoms with E-state index in [1.807, 2.05) is 0 Å². The van der Waals surface area contributed by atoms with Crippen molar-refractivity contribution < 1.29 is 22.7 Å². The second-order valence-electron chi connectivity index (χ2n) is 5.32. The van der Waals surface area contributed by atoms with Crippen LogP contribution >= 0.6 is 0 Å². The van der Waals surface area contributed by atoms with E-state index < -0.39 is 24.0 Å². The fourth-order valence-corrected chi connectivity index (χ4v) is 1.82. The Balaban J connectivity index is 2.81. The summed E-state index contributed by atoms with van der Waals surface area (Å²) in [6.07, 6.45) is -5.11. The summed E-state index contributed by atoms with van der Waals surface area (Å²) >= 11 is 0. The summed E-state index contributed by atoms with van der Waals surface area (Å²) in [7, 11) is 0. The van der Waals surface area contributed by atoms with E-state index in [0.29, 0.717) is 19.4 Å². The van der Waals surface area contributed by atoms with Gasteiger partial charge in [-0.1, -0.05) is 0 Å². The summed E-state index contributed by atoms with van der Waals surface area (Å²) in [6.45, 7) is 5.44. The van der Waals surface area contributed by atoms with E-state index in [2.05, 4.69) is 5.32 Å². The van der Waals surface area contributed by atoms with Gasteiger partial charge in [0.1, 0.15) is 5.60 Å². The molecule has 0 aromatic rings. The van der Waals surface area contributed by atoms with Gasteiger partial charge in [-0.05, 0) is 40.2 Å². The molecule has 0 spiro atoms. The minimum absolute atomic E-state index is 0.107. The highest BCUT2D eigenvalue weighted by Gasteiger charge is 2.47. The molecule has 1 fully saturated rings. The largest absolute Gasteiger partial charge is 0.490 e. The van der Waals surface area contributed by atoms with Crippen LogP contribution in [0.3, 0.4) is 0 Å². The lowest BCUT2D eigenvalue weighted by Crippen LogP contribution is -2.55. The predicted octanol–water partition coefficient (Wildman–Crippen LogP) is 2.50. The number of alkyl halides is 3. The highest BCUT2D eigenvalue weighted by molar-refractivity contribution is 5.69. The SMILES string of the molecule is CC(C)(C)OC(=O)N(C1CCCNC1)C(F)(F)F. The molecule has 1 unspecified atom stereocenters. The van der Waals surface area contributed by atoms with Crippen LogP contribution in [0.5, 0.6) is 0 Å². The summed E-state index contributed by atoms with van der Waals surface area (Å²) in [5, 5.41) is 2.86. The molecule has 0 radical (unpaired) electrons. The van der Waals surface area contributed by atoms with Gasteiger partial charge in [0.15, 0.2) is 0 Å². The maximum atomic E-state index is 12.9. The van der Waals surface area contributed by atoms with E-state index in [1.165, 1.54) is 0 Å². The lowest BCUT2D eigenvalue weighted by molar-refractivity contribution is -0.245. The Morgan fingerprint density at radius 3 is 2.33 bits per heavy atom. The first-order valence-electron chi connectivity index (χ1n) is 5.91. The lowest BCUT2D eigenvalue weighted by Gasteiger charge is -2.36. The highest BCUT2D eigenvalue weighted by atomic mass is 19.4. The number of carbonyl (C=O) groups is 1. The average Bonchev–Trinajstić information content (AvgIpc) is 2.13. The van der Waals surface area contributed by atoms with Crippen LogP contribution in [0.4, 0.5) is 18.0 Å². The van der Waals surface area contributed by atoms with E-state index in [9.17, 15) is 18.0 Å². The zero-order valence-electron chi connectivity index (χ0n) is 10.8. The topological polar surface area (TPSA) is 41.6 Å². The molecular formula is C11H19F3N2O2. The Kier molecular flexibility index (Phi) is 4.47. The maximum absolute atomic E-state index is 12.9. The molecule has 1 saturated heterocycles. The standard InChI is InChI=1S/C11H19F3N2O2/c1-10(2,3)18-9(17)16(11(12,13)14)8-5-4-6-15-7-8/h8,15H,4-7H2,1-3H3. The minimum Gasteiger partial charge on any atom is -0.444 e. The maximum Gasteiger partial charge on any atom is 0.490 e. The molecule has 4 nitrogen and oxygen atoms in total. The zero-order valence-corrected chi connectivity index (χ0v) is 10.8. The first-order chi connectivity index (χ1) is 8.11. The van der Waals surface area contributed by atoms with Gasteiger partial charge in [0.2, 0.25) is 0 Å². The molecule has 1 amide bonds. The first-order valence-corrected chi connectivity index (χ1v) is 5.91. The van der Waals surface area contributed by atoms with Gasteiger partial charge < -0.3 is 10.1 Å². The van der Waals surface area contributed by atoms with E-state index in [4.69, 9.17) is 4.74 Å². The molecule has 0 aliphatic carbocycles. The lowest BCUT2D eigenvalue weighted by atomic mass is 10.1. The van der Waals surface area contributed by atoms with Crippen molar-refractivity contribution in [1.82, 2.24) is 10.2 Å².